The molecule has 0 aromatic heterocycles. The van der Waals surface area contributed by atoms with E-state index < -0.39 is 14.3 Å². The molecule has 0 rings (SSSR count). The van der Waals surface area contributed by atoms with Crippen LogP contribution in [0.15, 0.2) is 24.3 Å². The van der Waals surface area contributed by atoms with E-state index in [4.69, 9.17) is 15.7 Å². The molecule has 0 saturated heterocycles. The second-order valence-electron chi connectivity index (χ2n) is 5.59. The smallest absolute Gasteiger partial charge is 0.0822 e. The van der Waals surface area contributed by atoms with Crippen molar-refractivity contribution in [3.8, 4) is 0 Å². The van der Waals surface area contributed by atoms with E-state index in [-0.39, 0.29) is 0 Å². The van der Waals surface area contributed by atoms with Gasteiger partial charge in [0, 0.05) is 12.3 Å². The van der Waals surface area contributed by atoms with Crippen LogP contribution in [0.2, 0.25) is 12.6 Å². The maximum Gasteiger partial charge on any atom is 0.0822 e. The van der Waals surface area contributed by atoms with Crippen molar-refractivity contribution in [3.63, 3.8) is 0 Å². The summed E-state index contributed by atoms with van der Waals surface area (Å²) >= 11 is 0. The van der Waals surface area contributed by atoms with Gasteiger partial charge in [0.2, 0.25) is 0 Å². The Bertz CT molecular complexity index is 331. The van der Waals surface area contributed by atoms with Crippen molar-refractivity contribution >= 4 is 30.0 Å². The third-order valence-electron chi connectivity index (χ3n) is 2.27. The average molecular weight is 312 g/mol. The van der Waals surface area contributed by atoms with Gasteiger partial charge < -0.3 is 9.13 Å². The molecule has 0 aliphatic rings. The second kappa shape index (κ2) is 12.8. The molecule has 0 N–H and O–H groups in total. The SMILES string of the molecule is [B]C/C=C/CCP(C)(C)=O.[B]C/C=C\CCP(C)(C)=O. The average Bonchev–Trinajstić information content (AvgIpc) is 2.29. The van der Waals surface area contributed by atoms with Crippen LogP contribution in [0.25, 0.3) is 0 Å². The molecular weight excluding hydrogens is 284 g/mol. The highest BCUT2D eigenvalue weighted by molar-refractivity contribution is 7.62. The molecule has 0 aliphatic heterocycles. The minimum atomic E-state index is -1.80. The molecule has 0 aromatic rings. The van der Waals surface area contributed by atoms with E-state index >= 15 is 0 Å². The zero-order chi connectivity index (χ0) is 16.1. The van der Waals surface area contributed by atoms with Crippen LogP contribution in [0.3, 0.4) is 0 Å². The highest BCUT2D eigenvalue weighted by atomic mass is 31.2. The van der Waals surface area contributed by atoms with Gasteiger partial charge in [0.25, 0.3) is 0 Å². The molecule has 0 unspecified atom stereocenters. The fourth-order valence-corrected chi connectivity index (χ4v) is 2.74. The van der Waals surface area contributed by atoms with Gasteiger partial charge in [-0.1, -0.05) is 36.9 Å². The Hall–Kier alpha value is 0.0699. The number of rotatable bonds is 8. The molecule has 0 saturated carbocycles. The van der Waals surface area contributed by atoms with E-state index in [1.807, 2.05) is 51.0 Å². The van der Waals surface area contributed by atoms with Crippen LogP contribution < -0.4 is 0 Å². The lowest BCUT2D eigenvalue weighted by Crippen LogP contribution is -1.82. The van der Waals surface area contributed by atoms with E-state index in [0.29, 0.717) is 12.6 Å². The molecule has 112 valence electrons. The summed E-state index contributed by atoms with van der Waals surface area (Å²) in [6, 6.07) is 0. The Morgan fingerprint density at radius 2 is 1.00 bits per heavy atom. The maximum atomic E-state index is 11.1. The van der Waals surface area contributed by atoms with Crippen molar-refractivity contribution in [1.29, 1.82) is 0 Å². The topological polar surface area (TPSA) is 34.1 Å². The van der Waals surface area contributed by atoms with E-state index in [1.54, 1.807) is 0 Å². The van der Waals surface area contributed by atoms with Gasteiger partial charge in [0.1, 0.15) is 0 Å². The standard InChI is InChI=1S/2C7H14BOP/c2*1-10(2,9)7-5-3-4-6-8/h2*3-4H,5-7H2,1-2H3/b4-3+;4-3-. The van der Waals surface area contributed by atoms with Crippen LogP contribution in [-0.4, -0.2) is 54.7 Å². The Labute approximate surface area is 128 Å². The molecule has 6 heteroatoms. The Balaban J connectivity index is 0. The summed E-state index contributed by atoms with van der Waals surface area (Å²) in [6.45, 7) is 7.24. The predicted molar refractivity (Wildman–Crippen MR) is 97.3 cm³/mol. The summed E-state index contributed by atoms with van der Waals surface area (Å²) in [5, 5.41) is 0. The first-order chi connectivity index (χ1) is 9.12. The Morgan fingerprint density at radius 1 is 0.700 bits per heavy atom. The predicted octanol–water partition coefficient (Wildman–Crippen LogP) is 4.28. The lowest BCUT2D eigenvalue weighted by molar-refractivity contribution is 0.581. The van der Waals surface area contributed by atoms with Crippen LogP contribution >= 0.6 is 14.3 Å². The highest BCUT2D eigenvalue weighted by Gasteiger charge is 2.03. The van der Waals surface area contributed by atoms with E-state index in [0.717, 1.165) is 25.2 Å². The molecule has 0 heterocycles. The van der Waals surface area contributed by atoms with E-state index in [2.05, 4.69) is 0 Å². The molecule has 0 aromatic carbocycles. The van der Waals surface area contributed by atoms with Gasteiger partial charge in [-0.15, -0.1) is 0 Å². The summed E-state index contributed by atoms with van der Waals surface area (Å²) in [7, 11) is 6.85. The Morgan fingerprint density at radius 3 is 1.20 bits per heavy atom. The second-order valence-corrected chi connectivity index (χ2v) is 12.8. The summed E-state index contributed by atoms with van der Waals surface area (Å²) in [6.07, 6.45) is 12.3. The fourth-order valence-electron chi connectivity index (χ4n) is 1.20. The Kier molecular flexibility index (Phi) is 14.3. The van der Waals surface area contributed by atoms with Crippen LogP contribution in [0.5, 0.6) is 0 Å². The third kappa shape index (κ3) is 26.6. The molecule has 0 aliphatic carbocycles. The fraction of sp³-hybridized carbons (Fsp3) is 0.714. The van der Waals surface area contributed by atoms with Crippen molar-refractivity contribution < 1.29 is 9.13 Å². The van der Waals surface area contributed by atoms with Gasteiger partial charge in [0.05, 0.1) is 30.0 Å². The molecule has 0 bridgehead atoms. The molecular formula is C14H28B2O2P2. The molecule has 0 fully saturated rings. The zero-order valence-electron chi connectivity index (χ0n) is 13.4. The molecule has 2 nitrogen and oxygen atoms in total. The van der Waals surface area contributed by atoms with Gasteiger partial charge in [-0.05, 0) is 39.5 Å². The van der Waals surface area contributed by atoms with Crippen molar-refractivity contribution in [1.82, 2.24) is 0 Å². The first-order valence-corrected chi connectivity index (χ1v) is 12.5. The lowest BCUT2D eigenvalue weighted by atomic mass is 10.1. The maximum absolute atomic E-state index is 11.1. The lowest BCUT2D eigenvalue weighted by Gasteiger charge is -2.01. The largest absolute Gasteiger partial charge is 0.324 e. The van der Waals surface area contributed by atoms with Crippen molar-refractivity contribution in [3.05, 3.63) is 24.3 Å². The van der Waals surface area contributed by atoms with Crippen LogP contribution in [-0.2, 0) is 9.13 Å². The van der Waals surface area contributed by atoms with Gasteiger partial charge in [-0.25, -0.2) is 0 Å². The number of hydrogen-bond donors (Lipinski definition) is 0. The highest BCUT2D eigenvalue weighted by Crippen LogP contribution is 2.36. The molecule has 0 spiro atoms. The quantitative estimate of drug-likeness (QED) is 0.381. The van der Waals surface area contributed by atoms with Gasteiger partial charge in [-0.2, -0.15) is 0 Å². The zero-order valence-corrected chi connectivity index (χ0v) is 15.2. The van der Waals surface area contributed by atoms with Crippen LogP contribution in [0, 0.1) is 0 Å². The molecule has 20 heavy (non-hydrogen) atoms. The first kappa shape index (κ1) is 22.4. The van der Waals surface area contributed by atoms with Gasteiger partial charge in [0.15, 0.2) is 0 Å². The summed E-state index contributed by atoms with van der Waals surface area (Å²) in [5.41, 5.74) is 0. The molecule has 0 atom stereocenters. The molecule has 4 radical (unpaired) electrons. The van der Waals surface area contributed by atoms with Crippen LogP contribution in [0.1, 0.15) is 12.8 Å². The van der Waals surface area contributed by atoms with Crippen molar-refractivity contribution in [2.24, 2.45) is 0 Å². The monoisotopic (exact) mass is 312 g/mol. The van der Waals surface area contributed by atoms with E-state index in [1.165, 1.54) is 0 Å². The first-order valence-electron chi connectivity index (χ1n) is 6.90. The van der Waals surface area contributed by atoms with Crippen molar-refractivity contribution in [2.75, 3.05) is 39.0 Å². The number of allylic oxidation sites excluding steroid dienone is 4. The van der Waals surface area contributed by atoms with Gasteiger partial charge >= 0.3 is 0 Å². The van der Waals surface area contributed by atoms with E-state index in [9.17, 15) is 9.13 Å². The summed E-state index contributed by atoms with van der Waals surface area (Å²) in [4.78, 5) is 0. The number of hydrogen-bond acceptors (Lipinski definition) is 2. The third-order valence-corrected chi connectivity index (χ3v) is 4.94. The minimum Gasteiger partial charge on any atom is -0.324 e. The van der Waals surface area contributed by atoms with Crippen molar-refractivity contribution in [2.45, 2.75) is 25.5 Å². The van der Waals surface area contributed by atoms with Crippen LogP contribution in [0.4, 0.5) is 0 Å². The summed E-state index contributed by atoms with van der Waals surface area (Å²) < 4.78 is 22.2. The summed E-state index contributed by atoms with van der Waals surface area (Å²) in [5.74, 6) is 0. The minimum absolute atomic E-state index is 0.581. The van der Waals surface area contributed by atoms with Gasteiger partial charge in [-0.3, -0.25) is 0 Å². The molecule has 0 amide bonds. The normalized spacial score (nSPS) is 12.6.